The monoisotopic (exact) mass is 282 g/mol. The zero-order chi connectivity index (χ0) is 15.3. The number of carbonyl (C=O) groups is 3. The maximum Gasteiger partial charge on any atom is 0.328 e. The molecule has 2 N–H and O–H groups in total. The van der Waals surface area contributed by atoms with E-state index in [1.165, 1.54) is 0 Å². The molecule has 2 unspecified atom stereocenters. The molecule has 1 aliphatic heterocycles. The molecule has 0 saturated carbocycles. The fourth-order valence-corrected chi connectivity index (χ4v) is 3.12. The Kier molecular flexibility index (Phi) is 5.72. The number of rotatable bonds is 7. The summed E-state index contributed by atoms with van der Waals surface area (Å²) < 4.78 is 0. The highest BCUT2D eigenvalue weighted by Crippen LogP contribution is 2.37. The van der Waals surface area contributed by atoms with Crippen molar-refractivity contribution in [3.63, 3.8) is 0 Å². The molecule has 0 aliphatic carbocycles. The highest BCUT2D eigenvalue weighted by Gasteiger charge is 2.50. The van der Waals surface area contributed by atoms with Crippen molar-refractivity contribution in [1.82, 2.24) is 10.6 Å². The number of amides is 4. The third kappa shape index (κ3) is 3.19. The lowest BCUT2D eigenvalue weighted by Gasteiger charge is -2.37. The van der Waals surface area contributed by atoms with Crippen molar-refractivity contribution < 1.29 is 14.4 Å². The third-order valence-electron chi connectivity index (χ3n) is 4.61. The van der Waals surface area contributed by atoms with Crippen LogP contribution in [0.2, 0.25) is 0 Å². The van der Waals surface area contributed by atoms with Crippen LogP contribution < -0.4 is 10.6 Å². The molecular formula is C15H26N2O3. The van der Waals surface area contributed by atoms with Crippen LogP contribution in [-0.2, 0) is 9.59 Å². The highest BCUT2D eigenvalue weighted by molar-refractivity contribution is 6.19. The van der Waals surface area contributed by atoms with Crippen LogP contribution in [0.4, 0.5) is 4.79 Å². The normalized spacial score (nSPS) is 21.1. The predicted molar refractivity (Wildman–Crippen MR) is 76.9 cm³/mol. The molecule has 1 saturated heterocycles. The Bertz CT molecular complexity index is 373. The van der Waals surface area contributed by atoms with Crippen LogP contribution in [0.1, 0.15) is 59.8 Å². The number of carbonyl (C=O) groups excluding carboxylic acids is 3. The van der Waals surface area contributed by atoms with E-state index >= 15 is 0 Å². The molecule has 114 valence electrons. The summed E-state index contributed by atoms with van der Waals surface area (Å²) in [5, 5.41) is 4.48. The Morgan fingerprint density at radius 1 is 1.05 bits per heavy atom. The molecule has 0 bridgehead atoms. The van der Waals surface area contributed by atoms with Crippen LogP contribution in [-0.4, -0.2) is 17.8 Å². The molecule has 0 aromatic heterocycles. The fraction of sp³-hybridized carbons (Fsp3) is 0.800. The van der Waals surface area contributed by atoms with Gasteiger partial charge in [0.15, 0.2) is 0 Å². The molecule has 0 spiro atoms. The summed E-state index contributed by atoms with van der Waals surface area (Å²) in [6.45, 7) is 8.22. The quantitative estimate of drug-likeness (QED) is 0.705. The molecule has 5 heteroatoms. The van der Waals surface area contributed by atoms with E-state index in [0.29, 0.717) is 24.7 Å². The molecule has 20 heavy (non-hydrogen) atoms. The van der Waals surface area contributed by atoms with Gasteiger partial charge in [-0.3, -0.25) is 20.2 Å². The van der Waals surface area contributed by atoms with Gasteiger partial charge in [-0.15, -0.1) is 0 Å². The summed E-state index contributed by atoms with van der Waals surface area (Å²) >= 11 is 0. The molecule has 0 aromatic carbocycles. The zero-order valence-electron chi connectivity index (χ0n) is 12.9. The first-order chi connectivity index (χ1) is 9.41. The van der Waals surface area contributed by atoms with Gasteiger partial charge in [0.1, 0.15) is 5.41 Å². The standard InChI is InChI=1S/C15H26N2O3/c1-5-8-10(4)11(6-2)9-15(7-3)12(18)16-14(20)17-13(15)19/h10-11H,5-9H2,1-4H3,(H2,16,17,18,19,20). The average molecular weight is 282 g/mol. The molecule has 2 atom stereocenters. The Labute approximate surface area is 120 Å². The van der Waals surface area contributed by atoms with Crippen LogP contribution >= 0.6 is 0 Å². The van der Waals surface area contributed by atoms with Crippen molar-refractivity contribution >= 4 is 17.8 Å². The number of hydrogen-bond donors (Lipinski definition) is 2. The van der Waals surface area contributed by atoms with E-state index in [1.807, 2.05) is 6.92 Å². The number of imide groups is 2. The first kappa shape index (κ1) is 16.7. The maximum atomic E-state index is 12.2. The van der Waals surface area contributed by atoms with Gasteiger partial charge in [0.25, 0.3) is 0 Å². The largest absolute Gasteiger partial charge is 0.328 e. The molecule has 5 nitrogen and oxygen atoms in total. The topological polar surface area (TPSA) is 75.3 Å². The van der Waals surface area contributed by atoms with Gasteiger partial charge in [-0.2, -0.15) is 0 Å². The average Bonchev–Trinajstić information content (AvgIpc) is 2.39. The van der Waals surface area contributed by atoms with Gasteiger partial charge in [0.05, 0.1) is 0 Å². The summed E-state index contributed by atoms with van der Waals surface area (Å²) in [6, 6.07) is -0.710. The van der Waals surface area contributed by atoms with Gasteiger partial charge in [-0.1, -0.05) is 47.0 Å². The van der Waals surface area contributed by atoms with Gasteiger partial charge >= 0.3 is 6.03 Å². The second-order valence-electron chi connectivity index (χ2n) is 5.81. The van der Waals surface area contributed by atoms with Crippen LogP contribution in [0.5, 0.6) is 0 Å². The first-order valence-electron chi connectivity index (χ1n) is 7.58. The van der Waals surface area contributed by atoms with Crippen LogP contribution in [0.15, 0.2) is 0 Å². The molecule has 1 heterocycles. The molecule has 4 amide bonds. The van der Waals surface area contributed by atoms with Crippen LogP contribution in [0.25, 0.3) is 0 Å². The van der Waals surface area contributed by atoms with E-state index in [0.717, 1.165) is 19.3 Å². The van der Waals surface area contributed by atoms with E-state index < -0.39 is 23.3 Å². The number of hydrogen-bond acceptors (Lipinski definition) is 3. The Hall–Kier alpha value is -1.39. The smallest absolute Gasteiger partial charge is 0.277 e. The molecule has 0 radical (unpaired) electrons. The summed E-state index contributed by atoms with van der Waals surface area (Å²) in [5.74, 6) is -0.127. The van der Waals surface area contributed by atoms with Crippen molar-refractivity contribution in [1.29, 1.82) is 0 Å². The Morgan fingerprint density at radius 3 is 2.00 bits per heavy atom. The number of nitrogens with one attached hydrogen (secondary N) is 2. The van der Waals surface area contributed by atoms with E-state index in [9.17, 15) is 14.4 Å². The molecule has 1 fully saturated rings. The molecular weight excluding hydrogens is 256 g/mol. The van der Waals surface area contributed by atoms with Crippen molar-refractivity contribution in [2.75, 3.05) is 0 Å². The lowest BCUT2D eigenvalue weighted by Crippen LogP contribution is -2.62. The van der Waals surface area contributed by atoms with Crippen molar-refractivity contribution in [3.05, 3.63) is 0 Å². The molecule has 0 aromatic rings. The van der Waals surface area contributed by atoms with E-state index in [2.05, 4.69) is 31.4 Å². The SMILES string of the molecule is CCCC(C)C(CC)CC1(CC)C(=O)NC(=O)NC1=O. The van der Waals surface area contributed by atoms with E-state index in [1.54, 1.807) is 0 Å². The Balaban J connectivity index is 2.95. The van der Waals surface area contributed by atoms with Crippen LogP contribution in [0, 0.1) is 17.3 Å². The minimum atomic E-state index is -1.10. The maximum absolute atomic E-state index is 12.2. The van der Waals surface area contributed by atoms with Gasteiger partial charge in [0, 0.05) is 0 Å². The first-order valence-corrected chi connectivity index (χ1v) is 7.58. The molecule has 1 rings (SSSR count). The highest BCUT2D eigenvalue weighted by atomic mass is 16.2. The summed E-state index contributed by atoms with van der Waals surface area (Å²) in [7, 11) is 0. The Morgan fingerprint density at radius 2 is 1.60 bits per heavy atom. The van der Waals surface area contributed by atoms with Gasteiger partial charge < -0.3 is 0 Å². The fourth-order valence-electron chi connectivity index (χ4n) is 3.12. The minimum Gasteiger partial charge on any atom is -0.277 e. The van der Waals surface area contributed by atoms with E-state index in [4.69, 9.17) is 0 Å². The second-order valence-corrected chi connectivity index (χ2v) is 5.81. The third-order valence-corrected chi connectivity index (χ3v) is 4.61. The zero-order valence-corrected chi connectivity index (χ0v) is 12.9. The summed E-state index contributed by atoms with van der Waals surface area (Å²) in [5.41, 5.74) is -1.10. The van der Waals surface area contributed by atoms with Crippen molar-refractivity contribution in [2.24, 2.45) is 17.3 Å². The summed E-state index contributed by atoms with van der Waals surface area (Å²) in [6.07, 6.45) is 4.02. The predicted octanol–water partition coefficient (Wildman–Crippen LogP) is 2.60. The lowest BCUT2D eigenvalue weighted by atomic mass is 9.70. The lowest BCUT2D eigenvalue weighted by molar-refractivity contribution is -0.146. The van der Waals surface area contributed by atoms with Crippen molar-refractivity contribution in [2.45, 2.75) is 59.8 Å². The van der Waals surface area contributed by atoms with Gasteiger partial charge in [0.2, 0.25) is 11.8 Å². The second kappa shape index (κ2) is 6.86. The van der Waals surface area contributed by atoms with E-state index in [-0.39, 0.29) is 0 Å². The van der Waals surface area contributed by atoms with Crippen LogP contribution in [0.3, 0.4) is 0 Å². The summed E-state index contributed by atoms with van der Waals surface area (Å²) in [4.78, 5) is 35.6. The minimum absolute atomic E-state index is 0.305. The van der Waals surface area contributed by atoms with Crippen molar-refractivity contribution in [3.8, 4) is 0 Å². The number of barbiturate groups is 1. The van der Waals surface area contributed by atoms with Gasteiger partial charge in [-0.05, 0) is 24.7 Å². The van der Waals surface area contributed by atoms with Gasteiger partial charge in [-0.25, -0.2) is 4.79 Å². The molecule has 1 aliphatic rings. The number of urea groups is 1.